The fraction of sp³-hybridized carbons (Fsp3) is 0.292. The van der Waals surface area contributed by atoms with Crippen molar-refractivity contribution in [3.63, 3.8) is 0 Å². The summed E-state index contributed by atoms with van der Waals surface area (Å²) in [5.41, 5.74) is 1.03. The number of aromatic nitrogens is 2. The average molecular weight is 449 g/mol. The molecule has 0 spiro atoms. The van der Waals surface area contributed by atoms with Crippen LogP contribution in [0.5, 0.6) is 0 Å². The van der Waals surface area contributed by atoms with E-state index in [1.807, 2.05) is 47.0 Å². The molecular weight excluding hydrogens is 424 g/mol. The number of rotatable bonds is 6. The number of hydrogen-bond donors (Lipinski definition) is 0. The maximum atomic E-state index is 12.9. The first kappa shape index (κ1) is 20.8. The third kappa shape index (κ3) is 4.28. The molecule has 4 aromatic rings. The second-order valence-corrected chi connectivity index (χ2v) is 9.01. The van der Waals surface area contributed by atoms with Crippen LogP contribution in [0.3, 0.4) is 0 Å². The fourth-order valence-corrected chi connectivity index (χ4v) is 4.94. The SMILES string of the molecule is O=C(Cn1cnc2c(oc3ccccc32)c1=O)N1CCN(CCSc2ccccc2)CC1. The monoisotopic (exact) mass is 448 g/mol. The highest BCUT2D eigenvalue weighted by Gasteiger charge is 2.22. The minimum Gasteiger partial charge on any atom is -0.448 e. The van der Waals surface area contributed by atoms with Crippen LogP contribution in [0.4, 0.5) is 0 Å². The number of para-hydroxylation sites is 1. The molecule has 0 bridgehead atoms. The molecule has 2 aromatic heterocycles. The van der Waals surface area contributed by atoms with Crippen LogP contribution in [-0.2, 0) is 11.3 Å². The molecular formula is C24H24N4O3S. The van der Waals surface area contributed by atoms with Gasteiger partial charge in [-0.1, -0.05) is 30.3 Å². The lowest BCUT2D eigenvalue weighted by atomic mass is 10.2. The highest BCUT2D eigenvalue weighted by Crippen LogP contribution is 2.24. The van der Waals surface area contributed by atoms with E-state index < -0.39 is 0 Å². The molecule has 32 heavy (non-hydrogen) atoms. The Hall–Kier alpha value is -3.10. The van der Waals surface area contributed by atoms with Gasteiger partial charge in [-0.25, -0.2) is 4.98 Å². The summed E-state index contributed by atoms with van der Waals surface area (Å²) in [4.78, 5) is 35.5. The van der Waals surface area contributed by atoms with Crippen molar-refractivity contribution in [2.45, 2.75) is 11.4 Å². The molecule has 5 rings (SSSR count). The van der Waals surface area contributed by atoms with Crippen molar-refractivity contribution < 1.29 is 9.21 Å². The van der Waals surface area contributed by atoms with Gasteiger partial charge in [-0.3, -0.25) is 19.1 Å². The maximum Gasteiger partial charge on any atom is 0.297 e. The van der Waals surface area contributed by atoms with Gasteiger partial charge in [-0.2, -0.15) is 0 Å². The zero-order valence-electron chi connectivity index (χ0n) is 17.6. The van der Waals surface area contributed by atoms with Gasteiger partial charge in [0.2, 0.25) is 11.5 Å². The summed E-state index contributed by atoms with van der Waals surface area (Å²) in [6.45, 7) is 4.00. The van der Waals surface area contributed by atoms with Crippen LogP contribution in [0.1, 0.15) is 0 Å². The molecule has 0 atom stereocenters. The summed E-state index contributed by atoms with van der Waals surface area (Å²) in [6.07, 6.45) is 1.45. The number of fused-ring (bicyclic) bond motifs is 3. The van der Waals surface area contributed by atoms with Crippen molar-refractivity contribution in [1.29, 1.82) is 0 Å². The van der Waals surface area contributed by atoms with Crippen LogP contribution in [-0.4, -0.2) is 63.7 Å². The number of amides is 1. The standard InChI is InChI=1S/C24H24N4O3S/c29-21(27-12-10-26(11-13-27)14-15-32-18-6-2-1-3-7-18)16-28-17-25-22-19-8-4-5-9-20(19)31-23(22)24(28)30/h1-9,17H,10-16H2. The second kappa shape index (κ2) is 9.18. The molecule has 0 N–H and O–H groups in total. The quantitative estimate of drug-likeness (QED) is 0.422. The molecule has 0 aliphatic carbocycles. The van der Waals surface area contributed by atoms with E-state index in [-0.39, 0.29) is 23.6 Å². The number of benzene rings is 2. The Morgan fingerprint density at radius 2 is 1.75 bits per heavy atom. The molecule has 0 radical (unpaired) electrons. The Bertz CT molecular complexity index is 1290. The van der Waals surface area contributed by atoms with E-state index in [1.165, 1.54) is 15.8 Å². The number of thioether (sulfide) groups is 1. The van der Waals surface area contributed by atoms with Gasteiger partial charge in [-0.15, -0.1) is 11.8 Å². The number of carbonyl (C=O) groups is 1. The molecule has 7 nitrogen and oxygen atoms in total. The predicted molar refractivity (Wildman–Crippen MR) is 126 cm³/mol. The minimum absolute atomic E-state index is 0.0251. The second-order valence-electron chi connectivity index (χ2n) is 7.84. The van der Waals surface area contributed by atoms with Crippen molar-refractivity contribution >= 4 is 39.7 Å². The first-order valence-electron chi connectivity index (χ1n) is 10.7. The summed E-state index contributed by atoms with van der Waals surface area (Å²) >= 11 is 1.85. The minimum atomic E-state index is -0.323. The average Bonchev–Trinajstić information content (AvgIpc) is 3.21. The normalized spacial score (nSPS) is 14.9. The molecule has 1 fully saturated rings. The molecule has 0 saturated carbocycles. The smallest absolute Gasteiger partial charge is 0.297 e. The Kier molecular flexibility index (Phi) is 5.96. The van der Waals surface area contributed by atoms with Gasteiger partial charge in [0.1, 0.15) is 17.6 Å². The summed E-state index contributed by atoms with van der Waals surface area (Å²) in [5.74, 6) is 0.957. The van der Waals surface area contributed by atoms with Gasteiger partial charge in [-0.05, 0) is 24.3 Å². The molecule has 2 aromatic carbocycles. The summed E-state index contributed by atoms with van der Waals surface area (Å²) in [7, 11) is 0. The van der Waals surface area contributed by atoms with E-state index in [0.29, 0.717) is 24.2 Å². The van der Waals surface area contributed by atoms with Crippen LogP contribution in [0.25, 0.3) is 22.1 Å². The molecule has 1 saturated heterocycles. The zero-order chi connectivity index (χ0) is 21.9. The highest BCUT2D eigenvalue weighted by atomic mass is 32.2. The van der Waals surface area contributed by atoms with Crippen molar-refractivity contribution in [2.75, 3.05) is 38.5 Å². The van der Waals surface area contributed by atoms with Crippen LogP contribution in [0.2, 0.25) is 0 Å². The van der Waals surface area contributed by atoms with Gasteiger partial charge in [0.25, 0.3) is 5.56 Å². The van der Waals surface area contributed by atoms with Crippen molar-refractivity contribution in [3.05, 3.63) is 71.3 Å². The van der Waals surface area contributed by atoms with Gasteiger partial charge in [0.05, 0.1) is 6.33 Å². The summed E-state index contributed by atoms with van der Waals surface area (Å²) in [6, 6.07) is 17.8. The summed E-state index contributed by atoms with van der Waals surface area (Å²) < 4.78 is 7.05. The van der Waals surface area contributed by atoms with Crippen LogP contribution in [0.15, 0.2) is 75.0 Å². The van der Waals surface area contributed by atoms with E-state index in [2.05, 4.69) is 34.1 Å². The Labute approximate surface area is 189 Å². The number of nitrogens with zero attached hydrogens (tertiary/aromatic N) is 4. The Balaban J connectivity index is 1.17. The van der Waals surface area contributed by atoms with E-state index >= 15 is 0 Å². The number of hydrogen-bond acceptors (Lipinski definition) is 6. The van der Waals surface area contributed by atoms with E-state index in [4.69, 9.17) is 4.42 Å². The van der Waals surface area contributed by atoms with Gasteiger partial charge < -0.3 is 9.32 Å². The lowest BCUT2D eigenvalue weighted by molar-refractivity contribution is -0.133. The van der Waals surface area contributed by atoms with Crippen molar-refractivity contribution in [3.8, 4) is 0 Å². The van der Waals surface area contributed by atoms with Crippen LogP contribution >= 0.6 is 11.8 Å². The van der Waals surface area contributed by atoms with E-state index in [9.17, 15) is 9.59 Å². The van der Waals surface area contributed by atoms with E-state index in [1.54, 1.807) is 0 Å². The topological polar surface area (TPSA) is 71.6 Å². The Morgan fingerprint density at radius 3 is 2.56 bits per heavy atom. The van der Waals surface area contributed by atoms with Gasteiger partial charge in [0.15, 0.2) is 0 Å². The van der Waals surface area contributed by atoms with Crippen LogP contribution in [0, 0.1) is 0 Å². The molecule has 1 amide bonds. The van der Waals surface area contributed by atoms with Crippen molar-refractivity contribution in [2.24, 2.45) is 0 Å². The molecule has 0 unspecified atom stereocenters. The predicted octanol–water partition coefficient (Wildman–Crippen LogP) is 3.08. The van der Waals surface area contributed by atoms with Crippen LogP contribution < -0.4 is 5.56 Å². The van der Waals surface area contributed by atoms with Gasteiger partial charge >= 0.3 is 0 Å². The highest BCUT2D eigenvalue weighted by molar-refractivity contribution is 7.99. The lowest BCUT2D eigenvalue weighted by Gasteiger charge is -2.34. The Morgan fingerprint density at radius 1 is 1.00 bits per heavy atom. The van der Waals surface area contributed by atoms with Gasteiger partial charge in [0, 0.05) is 48.8 Å². The first-order valence-corrected chi connectivity index (χ1v) is 11.7. The largest absolute Gasteiger partial charge is 0.448 e. The molecule has 1 aliphatic rings. The van der Waals surface area contributed by atoms with Crippen molar-refractivity contribution in [1.82, 2.24) is 19.4 Å². The lowest BCUT2D eigenvalue weighted by Crippen LogP contribution is -2.50. The van der Waals surface area contributed by atoms with E-state index in [0.717, 1.165) is 30.8 Å². The number of piperazine rings is 1. The molecule has 3 heterocycles. The fourth-order valence-electron chi connectivity index (χ4n) is 4.00. The number of furan rings is 1. The summed E-state index contributed by atoms with van der Waals surface area (Å²) in [5, 5.41) is 0.805. The maximum absolute atomic E-state index is 12.9. The molecule has 8 heteroatoms. The number of carbonyl (C=O) groups excluding carboxylic acids is 1. The zero-order valence-corrected chi connectivity index (χ0v) is 18.5. The molecule has 1 aliphatic heterocycles. The third-order valence-electron chi connectivity index (χ3n) is 5.80. The molecule has 164 valence electrons. The first-order chi connectivity index (χ1) is 15.7. The third-order valence-corrected chi connectivity index (χ3v) is 6.79.